The molecule has 1 heterocycles. The van der Waals surface area contributed by atoms with E-state index in [1.54, 1.807) is 6.92 Å². The molecule has 1 atom stereocenters. The molecule has 0 saturated carbocycles. The maximum atomic E-state index is 12.9. The third kappa shape index (κ3) is 5.66. The minimum absolute atomic E-state index is 0.0480. The van der Waals surface area contributed by atoms with Gasteiger partial charge in [-0.05, 0) is 48.2 Å². The zero-order valence-electron chi connectivity index (χ0n) is 18.9. The first kappa shape index (κ1) is 23.6. The van der Waals surface area contributed by atoms with E-state index in [1.165, 1.54) is 17.7 Å². The van der Waals surface area contributed by atoms with Crippen molar-refractivity contribution >= 4 is 22.8 Å². The lowest BCUT2D eigenvalue weighted by molar-refractivity contribution is -0.137. The lowest BCUT2D eigenvalue weighted by Gasteiger charge is -2.12. The standard InChI is InChI=1S/C29H26F3NO/c1-21(34)11-15-24(16-12-22-13-17-25(18-14-22)29(30,31)32)27-20-33(19-23-7-3-2-4-8-23)28-10-6-5-9-26(27)28/h2-10,12-14,16-18,20,24H,11,15,19H2,1H3/b16-12+. The molecule has 0 aliphatic rings. The molecule has 0 radical (unpaired) electrons. The number of nitrogens with zero attached hydrogens (tertiary/aromatic N) is 1. The van der Waals surface area contributed by atoms with Crippen molar-refractivity contribution in [1.82, 2.24) is 4.57 Å². The molecule has 1 unspecified atom stereocenters. The molecule has 4 rings (SSSR count). The number of ketones is 1. The molecule has 0 aliphatic carbocycles. The minimum Gasteiger partial charge on any atom is -0.343 e. The topological polar surface area (TPSA) is 22.0 Å². The first-order valence-corrected chi connectivity index (χ1v) is 11.3. The molecule has 0 N–H and O–H groups in total. The summed E-state index contributed by atoms with van der Waals surface area (Å²) in [6.45, 7) is 2.30. The van der Waals surface area contributed by atoms with Crippen LogP contribution in [0.4, 0.5) is 13.2 Å². The van der Waals surface area contributed by atoms with E-state index in [-0.39, 0.29) is 11.7 Å². The summed E-state index contributed by atoms with van der Waals surface area (Å²) in [7, 11) is 0. The average Bonchev–Trinajstić information content (AvgIpc) is 3.17. The Labute approximate surface area is 197 Å². The van der Waals surface area contributed by atoms with Crippen LogP contribution in [-0.4, -0.2) is 10.4 Å². The van der Waals surface area contributed by atoms with Crippen molar-refractivity contribution in [2.75, 3.05) is 0 Å². The zero-order chi connectivity index (χ0) is 24.1. The van der Waals surface area contributed by atoms with Gasteiger partial charge in [0.15, 0.2) is 0 Å². The highest BCUT2D eigenvalue weighted by molar-refractivity contribution is 5.85. The number of benzene rings is 3. The van der Waals surface area contributed by atoms with Gasteiger partial charge < -0.3 is 9.36 Å². The second kappa shape index (κ2) is 10.1. The van der Waals surface area contributed by atoms with Crippen LogP contribution in [-0.2, 0) is 17.5 Å². The number of para-hydroxylation sites is 1. The van der Waals surface area contributed by atoms with E-state index < -0.39 is 11.7 Å². The van der Waals surface area contributed by atoms with Gasteiger partial charge in [-0.2, -0.15) is 13.2 Å². The summed E-state index contributed by atoms with van der Waals surface area (Å²) in [6.07, 6.45) is 2.69. The molecule has 1 aromatic heterocycles. The van der Waals surface area contributed by atoms with E-state index in [2.05, 4.69) is 35.0 Å². The number of alkyl halides is 3. The normalized spacial score (nSPS) is 12.9. The van der Waals surface area contributed by atoms with Crippen LogP contribution in [0, 0.1) is 0 Å². The number of hydrogen-bond donors (Lipinski definition) is 0. The van der Waals surface area contributed by atoms with Crippen LogP contribution in [0.25, 0.3) is 17.0 Å². The van der Waals surface area contributed by atoms with Crippen LogP contribution >= 0.6 is 0 Å². The second-order valence-electron chi connectivity index (χ2n) is 8.54. The van der Waals surface area contributed by atoms with Crippen LogP contribution in [0.2, 0.25) is 0 Å². The number of fused-ring (bicyclic) bond motifs is 1. The van der Waals surface area contributed by atoms with E-state index in [9.17, 15) is 18.0 Å². The van der Waals surface area contributed by atoms with Crippen molar-refractivity contribution in [1.29, 1.82) is 0 Å². The maximum absolute atomic E-state index is 12.9. The van der Waals surface area contributed by atoms with Gasteiger partial charge in [-0.15, -0.1) is 0 Å². The summed E-state index contributed by atoms with van der Waals surface area (Å²) in [4.78, 5) is 11.8. The quantitative estimate of drug-likeness (QED) is 0.262. The number of carbonyl (C=O) groups excluding carboxylic acids is 1. The molecule has 4 aromatic rings. The smallest absolute Gasteiger partial charge is 0.343 e. The minimum atomic E-state index is -4.35. The van der Waals surface area contributed by atoms with Gasteiger partial charge in [0.1, 0.15) is 5.78 Å². The zero-order valence-corrected chi connectivity index (χ0v) is 18.9. The van der Waals surface area contributed by atoms with Gasteiger partial charge in [0.25, 0.3) is 0 Å². The fourth-order valence-electron chi connectivity index (χ4n) is 4.21. The summed E-state index contributed by atoms with van der Waals surface area (Å²) >= 11 is 0. The van der Waals surface area contributed by atoms with Gasteiger partial charge in [-0.3, -0.25) is 0 Å². The van der Waals surface area contributed by atoms with Crippen molar-refractivity contribution < 1.29 is 18.0 Å². The number of allylic oxidation sites excluding steroid dienone is 1. The molecule has 0 saturated heterocycles. The Morgan fingerprint density at radius 3 is 2.29 bits per heavy atom. The Kier molecular flexibility index (Phi) is 7.01. The van der Waals surface area contributed by atoms with Gasteiger partial charge in [0.05, 0.1) is 5.56 Å². The predicted octanol–water partition coefficient (Wildman–Crippen LogP) is 7.87. The summed E-state index contributed by atoms with van der Waals surface area (Å²) in [5.74, 6) is 0.0640. The second-order valence-corrected chi connectivity index (χ2v) is 8.54. The number of rotatable bonds is 8. The van der Waals surface area contributed by atoms with Crippen LogP contribution < -0.4 is 0 Å². The molecule has 0 amide bonds. The molecule has 0 fully saturated rings. The molecule has 2 nitrogen and oxygen atoms in total. The van der Waals surface area contributed by atoms with Gasteiger partial charge in [0, 0.05) is 36.0 Å². The fourth-order valence-corrected chi connectivity index (χ4v) is 4.21. The Morgan fingerprint density at radius 2 is 1.62 bits per heavy atom. The molecule has 3 aromatic carbocycles. The van der Waals surface area contributed by atoms with E-state index in [1.807, 2.05) is 42.5 Å². The van der Waals surface area contributed by atoms with Crippen molar-refractivity contribution in [2.24, 2.45) is 0 Å². The van der Waals surface area contributed by atoms with Crippen molar-refractivity contribution in [3.63, 3.8) is 0 Å². The number of aromatic nitrogens is 1. The third-order valence-corrected chi connectivity index (χ3v) is 5.98. The van der Waals surface area contributed by atoms with Crippen LogP contribution in [0.3, 0.4) is 0 Å². The molecule has 0 bridgehead atoms. The van der Waals surface area contributed by atoms with Gasteiger partial charge in [0.2, 0.25) is 0 Å². The van der Waals surface area contributed by atoms with Gasteiger partial charge >= 0.3 is 6.18 Å². The third-order valence-electron chi connectivity index (χ3n) is 5.98. The highest BCUT2D eigenvalue weighted by atomic mass is 19.4. The monoisotopic (exact) mass is 461 g/mol. The van der Waals surface area contributed by atoms with E-state index in [0.717, 1.165) is 35.1 Å². The van der Waals surface area contributed by atoms with E-state index in [0.29, 0.717) is 18.4 Å². The molecule has 174 valence electrons. The Balaban J connectivity index is 1.68. The maximum Gasteiger partial charge on any atom is 0.416 e. The fraction of sp³-hybridized carbons (Fsp3) is 0.207. The lowest BCUT2D eigenvalue weighted by atomic mass is 9.92. The SMILES string of the molecule is CC(=O)CCC(/C=C/c1ccc(C(F)(F)F)cc1)c1cn(Cc2ccccc2)c2ccccc12. The van der Waals surface area contributed by atoms with Crippen molar-refractivity contribution in [3.8, 4) is 0 Å². The summed E-state index contributed by atoms with van der Waals surface area (Å²) < 4.78 is 40.9. The van der Waals surface area contributed by atoms with Crippen molar-refractivity contribution in [3.05, 3.63) is 113 Å². The van der Waals surface area contributed by atoms with Crippen molar-refractivity contribution in [2.45, 2.75) is 38.4 Å². The number of carbonyl (C=O) groups is 1. The highest BCUT2D eigenvalue weighted by Crippen LogP contribution is 2.33. The number of hydrogen-bond acceptors (Lipinski definition) is 1. The highest BCUT2D eigenvalue weighted by Gasteiger charge is 2.29. The molecular formula is C29H26F3NO. The number of halogens is 3. The average molecular weight is 462 g/mol. The Hall–Kier alpha value is -3.60. The van der Waals surface area contributed by atoms with Gasteiger partial charge in [-0.25, -0.2) is 0 Å². The van der Waals surface area contributed by atoms with Crippen LogP contribution in [0.5, 0.6) is 0 Å². The molecular weight excluding hydrogens is 435 g/mol. The first-order chi connectivity index (χ1) is 16.3. The Bertz CT molecular complexity index is 1280. The predicted molar refractivity (Wildman–Crippen MR) is 131 cm³/mol. The molecule has 34 heavy (non-hydrogen) atoms. The number of Topliss-reactive ketones (excluding diaryl/α,β-unsaturated/α-hetero) is 1. The van der Waals surface area contributed by atoms with E-state index in [4.69, 9.17) is 0 Å². The van der Waals surface area contributed by atoms with E-state index >= 15 is 0 Å². The van der Waals surface area contributed by atoms with Crippen LogP contribution in [0.1, 0.15) is 47.9 Å². The molecule has 0 aliphatic heterocycles. The summed E-state index contributed by atoms with van der Waals surface area (Å²) in [5, 5.41) is 1.11. The molecule has 0 spiro atoms. The van der Waals surface area contributed by atoms with Crippen LogP contribution in [0.15, 0.2) is 91.1 Å². The molecule has 5 heteroatoms. The van der Waals surface area contributed by atoms with Gasteiger partial charge in [-0.1, -0.05) is 72.8 Å². The first-order valence-electron chi connectivity index (χ1n) is 11.3. The largest absolute Gasteiger partial charge is 0.416 e. The summed E-state index contributed by atoms with van der Waals surface area (Å²) in [6, 6.07) is 23.5. The summed E-state index contributed by atoms with van der Waals surface area (Å²) in [5.41, 5.74) is 3.43. The Morgan fingerprint density at radius 1 is 0.941 bits per heavy atom. The lowest BCUT2D eigenvalue weighted by Crippen LogP contribution is -2.04.